The average Bonchev–Trinajstić information content (AvgIpc) is 2.76. The highest BCUT2D eigenvalue weighted by Gasteiger charge is 2.12. The number of para-hydroxylation sites is 1. The molecule has 0 aliphatic carbocycles. The van der Waals surface area contributed by atoms with Crippen molar-refractivity contribution in [3.8, 4) is 17.0 Å². The highest BCUT2D eigenvalue weighted by atomic mass is 16.5. The molecule has 30 heavy (non-hydrogen) atoms. The highest BCUT2D eigenvalue weighted by molar-refractivity contribution is 5.93. The normalized spacial score (nSPS) is 10.3. The Morgan fingerprint density at radius 2 is 1.77 bits per heavy atom. The summed E-state index contributed by atoms with van der Waals surface area (Å²) in [7, 11) is 1.55. The lowest BCUT2D eigenvalue weighted by Gasteiger charge is -2.10. The van der Waals surface area contributed by atoms with Crippen molar-refractivity contribution >= 4 is 17.6 Å². The molecule has 8 nitrogen and oxygen atoms in total. The molecule has 0 aliphatic rings. The Bertz CT molecular complexity index is 1110. The monoisotopic (exact) mass is 407 g/mol. The third-order valence-electron chi connectivity index (χ3n) is 4.22. The van der Waals surface area contributed by atoms with Crippen LogP contribution in [0.3, 0.4) is 0 Å². The van der Waals surface area contributed by atoms with E-state index in [2.05, 4.69) is 10.4 Å². The summed E-state index contributed by atoms with van der Waals surface area (Å²) >= 11 is 0. The summed E-state index contributed by atoms with van der Waals surface area (Å²) in [6.07, 6.45) is 0. The molecule has 154 valence electrons. The van der Waals surface area contributed by atoms with Gasteiger partial charge in [-0.3, -0.25) is 9.59 Å². The largest absolute Gasteiger partial charge is 0.496 e. The second-order valence-corrected chi connectivity index (χ2v) is 6.26. The molecule has 1 amide bonds. The topological polar surface area (TPSA) is 99.5 Å². The number of hydrogen-bond acceptors (Lipinski definition) is 6. The molecule has 0 fully saturated rings. The van der Waals surface area contributed by atoms with Crippen molar-refractivity contribution in [1.29, 1.82) is 0 Å². The first kappa shape index (κ1) is 20.8. The van der Waals surface area contributed by atoms with Crippen LogP contribution in [0, 0.1) is 0 Å². The van der Waals surface area contributed by atoms with Crippen LogP contribution < -0.4 is 15.6 Å². The fourth-order valence-corrected chi connectivity index (χ4v) is 2.80. The maximum absolute atomic E-state index is 12.4. The predicted octanol–water partition coefficient (Wildman–Crippen LogP) is 2.73. The van der Waals surface area contributed by atoms with Gasteiger partial charge in [-0.2, -0.15) is 5.10 Å². The molecule has 0 radical (unpaired) electrons. The van der Waals surface area contributed by atoms with Crippen molar-refractivity contribution in [3.05, 3.63) is 76.6 Å². The van der Waals surface area contributed by atoms with E-state index in [-0.39, 0.29) is 13.2 Å². The summed E-state index contributed by atoms with van der Waals surface area (Å²) in [5.74, 6) is -0.244. The number of carbonyl (C=O) groups is 2. The Hall–Kier alpha value is -3.94. The van der Waals surface area contributed by atoms with Crippen LogP contribution in [0.4, 0.5) is 5.69 Å². The lowest BCUT2D eigenvalue weighted by atomic mass is 10.1. The second kappa shape index (κ2) is 9.51. The number of anilines is 1. The smallest absolute Gasteiger partial charge is 0.338 e. The van der Waals surface area contributed by atoms with Gasteiger partial charge >= 0.3 is 5.97 Å². The molecule has 1 heterocycles. The van der Waals surface area contributed by atoms with Gasteiger partial charge in [-0.1, -0.05) is 12.1 Å². The van der Waals surface area contributed by atoms with Crippen molar-refractivity contribution in [2.24, 2.45) is 0 Å². The SMILES string of the molecule is CCOC(=O)c1ccc(NC(=O)Cn2nc(-c3ccccc3OC)ccc2=O)cc1. The number of aromatic nitrogens is 2. The predicted molar refractivity (Wildman–Crippen MR) is 112 cm³/mol. The van der Waals surface area contributed by atoms with Crippen LogP contribution in [-0.4, -0.2) is 35.4 Å². The molecule has 2 aromatic carbocycles. The number of methoxy groups -OCH3 is 1. The average molecular weight is 407 g/mol. The van der Waals surface area contributed by atoms with Crippen LogP contribution in [0.15, 0.2) is 65.5 Å². The minimum Gasteiger partial charge on any atom is -0.496 e. The third kappa shape index (κ3) is 4.91. The van der Waals surface area contributed by atoms with E-state index in [0.717, 1.165) is 4.68 Å². The van der Waals surface area contributed by atoms with Crippen molar-refractivity contribution in [2.75, 3.05) is 19.0 Å². The van der Waals surface area contributed by atoms with Gasteiger partial charge in [0.05, 0.1) is 25.0 Å². The van der Waals surface area contributed by atoms with Crippen LogP contribution in [0.25, 0.3) is 11.3 Å². The first-order valence-corrected chi connectivity index (χ1v) is 9.30. The fourth-order valence-electron chi connectivity index (χ4n) is 2.80. The summed E-state index contributed by atoms with van der Waals surface area (Å²) in [6.45, 7) is 1.75. The van der Waals surface area contributed by atoms with Crippen LogP contribution in [-0.2, 0) is 16.1 Å². The van der Waals surface area contributed by atoms with Gasteiger partial charge in [0, 0.05) is 17.3 Å². The number of rotatable bonds is 7. The third-order valence-corrected chi connectivity index (χ3v) is 4.22. The number of esters is 1. The van der Waals surface area contributed by atoms with Crippen molar-refractivity contribution in [3.63, 3.8) is 0 Å². The van der Waals surface area contributed by atoms with Crippen molar-refractivity contribution < 1.29 is 19.1 Å². The maximum atomic E-state index is 12.4. The summed E-state index contributed by atoms with van der Waals surface area (Å²) < 4.78 is 11.3. The molecule has 3 aromatic rings. The van der Waals surface area contributed by atoms with Gasteiger partial charge in [-0.25, -0.2) is 9.48 Å². The zero-order valence-corrected chi connectivity index (χ0v) is 16.6. The Morgan fingerprint density at radius 1 is 1.03 bits per heavy atom. The fraction of sp³-hybridized carbons (Fsp3) is 0.182. The summed E-state index contributed by atoms with van der Waals surface area (Å²) in [6, 6.07) is 16.5. The first-order chi connectivity index (χ1) is 14.5. The summed E-state index contributed by atoms with van der Waals surface area (Å²) in [5.41, 5.74) is 1.70. The molecule has 0 bridgehead atoms. The van der Waals surface area contributed by atoms with E-state index in [1.54, 1.807) is 50.4 Å². The molecule has 3 rings (SSSR count). The van der Waals surface area contributed by atoms with E-state index < -0.39 is 17.4 Å². The maximum Gasteiger partial charge on any atom is 0.338 e. The van der Waals surface area contributed by atoms with Crippen LogP contribution in [0.1, 0.15) is 17.3 Å². The molecule has 0 spiro atoms. The van der Waals surface area contributed by atoms with Gasteiger partial charge in [0.15, 0.2) is 0 Å². The van der Waals surface area contributed by atoms with E-state index in [0.29, 0.717) is 28.3 Å². The lowest BCUT2D eigenvalue weighted by Crippen LogP contribution is -2.29. The molecular formula is C22H21N3O5. The van der Waals surface area contributed by atoms with E-state index in [1.165, 1.54) is 6.07 Å². The Kier molecular flexibility index (Phi) is 6.59. The van der Waals surface area contributed by atoms with E-state index in [4.69, 9.17) is 9.47 Å². The Labute approximate surface area is 173 Å². The van der Waals surface area contributed by atoms with Gasteiger partial charge in [-0.05, 0) is 49.4 Å². The summed E-state index contributed by atoms with van der Waals surface area (Å²) in [4.78, 5) is 36.2. The molecule has 0 aliphatic heterocycles. The minimum atomic E-state index is -0.431. The van der Waals surface area contributed by atoms with E-state index >= 15 is 0 Å². The zero-order chi connectivity index (χ0) is 21.5. The zero-order valence-electron chi connectivity index (χ0n) is 16.6. The van der Waals surface area contributed by atoms with E-state index in [1.807, 2.05) is 18.2 Å². The number of hydrogen-bond donors (Lipinski definition) is 1. The molecule has 1 aromatic heterocycles. The second-order valence-electron chi connectivity index (χ2n) is 6.26. The van der Waals surface area contributed by atoms with Gasteiger partial charge < -0.3 is 14.8 Å². The van der Waals surface area contributed by atoms with E-state index in [9.17, 15) is 14.4 Å². The van der Waals surface area contributed by atoms with Gasteiger partial charge in [0.25, 0.3) is 5.56 Å². The Morgan fingerprint density at radius 3 is 2.47 bits per heavy atom. The number of carbonyl (C=O) groups excluding carboxylic acids is 2. The molecule has 0 saturated carbocycles. The molecule has 1 N–H and O–H groups in total. The standard InChI is InChI=1S/C22H21N3O5/c1-3-30-22(28)15-8-10-16(11-9-15)23-20(26)14-25-21(27)13-12-18(24-25)17-6-4-5-7-19(17)29-2/h4-13H,3,14H2,1-2H3,(H,23,26). The van der Waals surface area contributed by atoms with Gasteiger partial charge in [-0.15, -0.1) is 0 Å². The quantitative estimate of drug-likeness (QED) is 0.605. The van der Waals surface area contributed by atoms with Gasteiger partial charge in [0.1, 0.15) is 12.3 Å². The van der Waals surface area contributed by atoms with Crippen molar-refractivity contribution in [2.45, 2.75) is 13.5 Å². The number of ether oxygens (including phenoxy) is 2. The van der Waals surface area contributed by atoms with Crippen LogP contribution >= 0.6 is 0 Å². The van der Waals surface area contributed by atoms with Gasteiger partial charge in [0.2, 0.25) is 5.91 Å². The highest BCUT2D eigenvalue weighted by Crippen LogP contribution is 2.27. The molecular weight excluding hydrogens is 386 g/mol. The van der Waals surface area contributed by atoms with Crippen LogP contribution in [0.5, 0.6) is 5.75 Å². The summed E-state index contributed by atoms with van der Waals surface area (Å²) in [5, 5.41) is 6.97. The molecule has 0 unspecified atom stereocenters. The minimum absolute atomic E-state index is 0.262. The number of benzene rings is 2. The van der Waals surface area contributed by atoms with Crippen molar-refractivity contribution in [1.82, 2.24) is 9.78 Å². The number of nitrogens with one attached hydrogen (secondary N) is 1. The molecule has 8 heteroatoms. The number of nitrogens with zero attached hydrogens (tertiary/aromatic N) is 2. The first-order valence-electron chi connectivity index (χ1n) is 9.30. The number of amides is 1. The lowest BCUT2D eigenvalue weighted by molar-refractivity contribution is -0.117. The van der Waals surface area contributed by atoms with Crippen LogP contribution in [0.2, 0.25) is 0 Å². The molecule has 0 saturated heterocycles. The Balaban J connectivity index is 1.74. The molecule has 0 atom stereocenters.